The Morgan fingerprint density at radius 2 is 2.12 bits per heavy atom. The Labute approximate surface area is 116 Å². The average molecular weight is 314 g/mol. The standard InChI is InChI=1S/C14H20BrNS/c15-13-6-5-12(17-13)9-14(16)7-1-2-11(8-14)10-3-4-10/h5-6,10-11H,1-4,7-9,16H2. The molecule has 1 nitrogen and oxygen atoms in total. The fourth-order valence-electron chi connectivity index (χ4n) is 3.37. The molecule has 2 saturated carbocycles. The lowest BCUT2D eigenvalue weighted by Gasteiger charge is -2.38. The Hall–Kier alpha value is 0.140. The molecule has 2 atom stereocenters. The molecule has 0 spiro atoms. The number of rotatable bonds is 3. The Bertz CT molecular complexity index is 399. The van der Waals surface area contributed by atoms with E-state index in [0.29, 0.717) is 0 Å². The molecule has 2 aliphatic carbocycles. The lowest BCUT2D eigenvalue weighted by molar-refractivity contribution is 0.205. The van der Waals surface area contributed by atoms with Crippen LogP contribution in [0.5, 0.6) is 0 Å². The van der Waals surface area contributed by atoms with Crippen LogP contribution in [-0.2, 0) is 6.42 Å². The molecule has 1 aromatic heterocycles. The molecular formula is C14H20BrNS. The highest BCUT2D eigenvalue weighted by atomic mass is 79.9. The van der Waals surface area contributed by atoms with Gasteiger partial charge >= 0.3 is 0 Å². The minimum absolute atomic E-state index is 0.0792. The molecular weight excluding hydrogens is 294 g/mol. The molecule has 1 heterocycles. The first-order chi connectivity index (χ1) is 8.15. The van der Waals surface area contributed by atoms with Crippen LogP contribution in [0.3, 0.4) is 0 Å². The van der Waals surface area contributed by atoms with E-state index in [4.69, 9.17) is 5.73 Å². The first kappa shape index (κ1) is 12.2. The van der Waals surface area contributed by atoms with Gasteiger partial charge in [-0.3, -0.25) is 0 Å². The SMILES string of the molecule is NC1(Cc2ccc(Br)s2)CCCC(C2CC2)C1. The van der Waals surface area contributed by atoms with Crippen LogP contribution in [0.25, 0.3) is 0 Å². The van der Waals surface area contributed by atoms with Crippen LogP contribution in [0.4, 0.5) is 0 Å². The van der Waals surface area contributed by atoms with Crippen molar-refractivity contribution in [3.63, 3.8) is 0 Å². The van der Waals surface area contributed by atoms with Gasteiger partial charge in [0.2, 0.25) is 0 Å². The maximum Gasteiger partial charge on any atom is 0.0701 e. The van der Waals surface area contributed by atoms with E-state index in [1.807, 2.05) is 11.3 Å². The number of hydrogen-bond acceptors (Lipinski definition) is 2. The lowest BCUT2D eigenvalue weighted by atomic mass is 9.72. The monoisotopic (exact) mass is 313 g/mol. The number of nitrogens with two attached hydrogens (primary N) is 1. The van der Waals surface area contributed by atoms with Crippen LogP contribution in [0, 0.1) is 11.8 Å². The van der Waals surface area contributed by atoms with Crippen molar-refractivity contribution in [1.29, 1.82) is 0 Å². The molecule has 0 bridgehead atoms. The first-order valence-electron chi connectivity index (χ1n) is 6.68. The molecule has 0 radical (unpaired) electrons. The zero-order chi connectivity index (χ0) is 11.9. The Kier molecular flexibility index (Phi) is 3.35. The summed E-state index contributed by atoms with van der Waals surface area (Å²) in [6.45, 7) is 0. The van der Waals surface area contributed by atoms with E-state index in [1.54, 1.807) is 0 Å². The van der Waals surface area contributed by atoms with Gasteiger partial charge in [0.1, 0.15) is 0 Å². The summed E-state index contributed by atoms with van der Waals surface area (Å²) in [6, 6.07) is 4.37. The van der Waals surface area contributed by atoms with Gasteiger partial charge < -0.3 is 5.73 Å². The fourth-order valence-corrected chi connectivity index (χ4v) is 5.01. The van der Waals surface area contributed by atoms with Gasteiger partial charge in [0, 0.05) is 10.4 Å². The topological polar surface area (TPSA) is 26.0 Å². The fraction of sp³-hybridized carbons (Fsp3) is 0.714. The minimum Gasteiger partial charge on any atom is -0.325 e. The van der Waals surface area contributed by atoms with Crippen molar-refractivity contribution in [1.82, 2.24) is 0 Å². The largest absolute Gasteiger partial charge is 0.325 e. The van der Waals surface area contributed by atoms with Crippen molar-refractivity contribution < 1.29 is 0 Å². The van der Waals surface area contributed by atoms with Crippen molar-refractivity contribution in [2.75, 3.05) is 0 Å². The smallest absolute Gasteiger partial charge is 0.0701 e. The second-order valence-corrected chi connectivity index (χ2v) is 8.49. The molecule has 0 amide bonds. The highest BCUT2D eigenvalue weighted by Crippen LogP contribution is 2.46. The van der Waals surface area contributed by atoms with E-state index in [9.17, 15) is 0 Å². The predicted molar refractivity (Wildman–Crippen MR) is 77.3 cm³/mol. The number of halogens is 1. The van der Waals surface area contributed by atoms with Crippen LogP contribution in [0.1, 0.15) is 43.4 Å². The van der Waals surface area contributed by atoms with Gasteiger partial charge in [0.25, 0.3) is 0 Å². The second kappa shape index (κ2) is 4.67. The summed E-state index contributed by atoms with van der Waals surface area (Å²) < 4.78 is 1.23. The van der Waals surface area contributed by atoms with E-state index < -0.39 is 0 Å². The lowest BCUT2D eigenvalue weighted by Crippen LogP contribution is -2.46. The molecule has 2 aliphatic rings. The van der Waals surface area contributed by atoms with Crippen LogP contribution in [-0.4, -0.2) is 5.54 Å². The zero-order valence-electron chi connectivity index (χ0n) is 10.1. The van der Waals surface area contributed by atoms with E-state index in [-0.39, 0.29) is 5.54 Å². The van der Waals surface area contributed by atoms with Crippen molar-refractivity contribution in [2.45, 2.75) is 50.5 Å². The molecule has 0 aliphatic heterocycles. The van der Waals surface area contributed by atoms with Gasteiger partial charge in [-0.15, -0.1) is 11.3 Å². The van der Waals surface area contributed by atoms with Crippen molar-refractivity contribution in [3.05, 3.63) is 20.8 Å². The molecule has 0 aromatic carbocycles. The molecule has 3 heteroatoms. The Morgan fingerprint density at radius 1 is 1.29 bits per heavy atom. The third-order valence-electron chi connectivity index (χ3n) is 4.36. The highest BCUT2D eigenvalue weighted by Gasteiger charge is 2.40. The maximum atomic E-state index is 6.65. The van der Waals surface area contributed by atoms with Gasteiger partial charge in [-0.1, -0.05) is 12.8 Å². The maximum absolute atomic E-state index is 6.65. The third-order valence-corrected chi connectivity index (χ3v) is 5.99. The van der Waals surface area contributed by atoms with Gasteiger partial charge in [0.15, 0.2) is 0 Å². The summed E-state index contributed by atoms with van der Waals surface area (Å²) >= 11 is 5.38. The van der Waals surface area contributed by atoms with Gasteiger partial charge in [-0.05, 0) is 72.0 Å². The Morgan fingerprint density at radius 3 is 2.76 bits per heavy atom. The summed E-state index contributed by atoms with van der Waals surface area (Å²) in [6.07, 6.45) is 9.24. The summed E-state index contributed by atoms with van der Waals surface area (Å²) in [5.74, 6) is 1.95. The van der Waals surface area contributed by atoms with E-state index in [0.717, 1.165) is 18.3 Å². The Balaban J connectivity index is 1.67. The van der Waals surface area contributed by atoms with Gasteiger partial charge in [-0.25, -0.2) is 0 Å². The van der Waals surface area contributed by atoms with Crippen LogP contribution in [0.2, 0.25) is 0 Å². The minimum atomic E-state index is 0.0792. The second-order valence-electron chi connectivity index (χ2n) is 5.94. The molecule has 2 unspecified atom stereocenters. The number of hydrogen-bond donors (Lipinski definition) is 1. The molecule has 94 valence electrons. The molecule has 1 aromatic rings. The summed E-state index contributed by atoms with van der Waals surface area (Å²) in [5, 5.41) is 0. The quantitative estimate of drug-likeness (QED) is 0.882. The third kappa shape index (κ3) is 2.94. The predicted octanol–water partition coefficient (Wildman–Crippen LogP) is 4.35. The molecule has 2 fully saturated rings. The molecule has 2 N–H and O–H groups in total. The van der Waals surface area contributed by atoms with Crippen molar-refractivity contribution >= 4 is 27.3 Å². The zero-order valence-corrected chi connectivity index (χ0v) is 12.5. The summed E-state index contributed by atoms with van der Waals surface area (Å²) in [5.41, 5.74) is 6.73. The van der Waals surface area contributed by atoms with Crippen LogP contribution < -0.4 is 5.73 Å². The molecule has 17 heavy (non-hydrogen) atoms. The first-order valence-corrected chi connectivity index (χ1v) is 8.29. The normalized spacial score (nSPS) is 33.9. The van der Waals surface area contributed by atoms with E-state index >= 15 is 0 Å². The van der Waals surface area contributed by atoms with Crippen molar-refractivity contribution in [3.8, 4) is 0 Å². The average Bonchev–Trinajstić information content (AvgIpc) is 3.04. The van der Waals surface area contributed by atoms with Crippen molar-refractivity contribution in [2.24, 2.45) is 17.6 Å². The van der Waals surface area contributed by atoms with E-state index in [2.05, 4.69) is 28.1 Å². The number of thiophene rings is 1. The molecule has 0 saturated heterocycles. The highest BCUT2D eigenvalue weighted by molar-refractivity contribution is 9.11. The molecule has 3 rings (SSSR count). The van der Waals surface area contributed by atoms with Crippen LogP contribution >= 0.6 is 27.3 Å². The van der Waals surface area contributed by atoms with E-state index in [1.165, 1.54) is 47.2 Å². The van der Waals surface area contributed by atoms with Gasteiger partial charge in [0.05, 0.1) is 3.79 Å². The van der Waals surface area contributed by atoms with Gasteiger partial charge in [-0.2, -0.15) is 0 Å². The summed E-state index contributed by atoms with van der Waals surface area (Å²) in [7, 11) is 0. The summed E-state index contributed by atoms with van der Waals surface area (Å²) in [4.78, 5) is 1.44. The van der Waals surface area contributed by atoms with Crippen LogP contribution in [0.15, 0.2) is 15.9 Å².